The van der Waals surface area contributed by atoms with Gasteiger partial charge >= 0.3 is 0 Å². The number of fused-ring (bicyclic) bond motifs is 1. The average molecular weight is 458 g/mol. The van der Waals surface area contributed by atoms with Crippen molar-refractivity contribution in [3.63, 3.8) is 0 Å². The number of ether oxygens (including phenoxy) is 1. The lowest BCUT2D eigenvalue weighted by molar-refractivity contribution is 0.419. The second-order valence-electron chi connectivity index (χ2n) is 6.90. The van der Waals surface area contributed by atoms with Crippen LogP contribution in [0.2, 0.25) is 0 Å². The number of benzene rings is 2. The molecule has 0 spiro atoms. The van der Waals surface area contributed by atoms with E-state index >= 15 is 0 Å². The van der Waals surface area contributed by atoms with Gasteiger partial charge in [-0.15, -0.1) is 0 Å². The standard InChI is InChI=1S/C23H20F2N2O4S/c1-4-20(25)22(11-12-24)31-21-10-9-15(26-32(3,29)30)13-18(21)19-14-27(2)23(28)17-8-6-5-7-16(17)19/h4-14,26H,1H2,2-3H3/b12-11-,22-20-. The van der Waals surface area contributed by atoms with Gasteiger partial charge in [0.05, 0.1) is 12.6 Å². The van der Waals surface area contributed by atoms with Gasteiger partial charge in [0.25, 0.3) is 5.56 Å². The molecule has 0 bridgehead atoms. The maximum absolute atomic E-state index is 14.2. The summed E-state index contributed by atoms with van der Waals surface area (Å²) in [7, 11) is -2.01. The molecule has 0 amide bonds. The fraction of sp³-hybridized carbons (Fsp3) is 0.0870. The van der Waals surface area contributed by atoms with Gasteiger partial charge in [-0.3, -0.25) is 9.52 Å². The van der Waals surface area contributed by atoms with Crippen molar-refractivity contribution in [3.05, 3.63) is 95.7 Å². The maximum Gasteiger partial charge on any atom is 0.258 e. The zero-order valence-electron chi connectivity index (χ0n) is 17.3. The molecule has 0 radical (unpaired) electrons. The molecule has 166 valence electrons. The van der Waals surface area contributed by atoms with Crippen LogP contribution in [0, 0.1) is 0 Å². The molecule has 9 heteroatoms. The Bertz CT molecular complexity index is 1420. The summed E-state index contributed by atoms with van der Waals surface area (Å²) in [5.41, 5.74) is 0.879. The number of hydrogen-bond donors (Lipinski definition) is 1. The van der Waals surface area contributed by atoms with E-state index in [0.29, 0.717) is 21.9 Å². The lowest BCUT2D eigenvalue weighted by Gasteiger charge is -2.16. The summed E-state index contributed by atoms with van der Waals surface area (Å²) in [6.07, 6.45) is 4.36. The second kappa shape index (κ2) is 9.19. The molecule has 1 heterocycles. The van der Waals surface area contributed by atoms with Gasteiger partial charge < -0.3 is 9.30 Å². The van der Waals surface area contributed by atoms with E-state index in [1.165, 1.54) is 22.8 Å². The van der Waals surface area contributed by atoms with Gasteiger partial charge in [0.1, 0.15) is 5.75 Å². The third kappa shape index (κ3) is 4.94. The molecule has 1 aromatic heterocycles. The van der Waals surface area contributed by atoms with Crippen LogP contribution in [0.3, 0.4) is 0 Å². The largest absolute Gasteiger partial charge is 0.454 e. The van der Waals surface area contributed by atoms with Crippen LogP contribution in [-0.2, 0) is 17.1 Å². The number of hydrogen-bond acceptors (Lipinski definition) is 4. The Hall–Kier alpha value is -3.72. The van der Waals surface area contributed by atoms with Crippen molar-refractivity contribution < 1.29 is 21.9 Å². The summed E-state index contributed by atoms with van der Waals surface area (Å²) in [5, 5.41) is 1.00. The highest BCUT2D eigenvalue weighted by atomic mass is 32.2. The average Bonchev–Trinajstić information content (AvgIpc) is 2.75. The monoisotopic (exact) mass is 458 g/mol. The number of sulfonamides is 1. The molecule has 32 heavy (non-hydrogen) atoms. The minimum absolute atomic E-state index is 0.109. The number of aromatic nitrogens is 1. The number of rotatable bonds is 7. The Morgan fingerprint density at radius 1 is 1.16 bits per heavy atom. The highest BCUT2D eigenvalue weighted by molar-refractivity contribution is 7.92. The van der Waals surface area contributed by atoms with Crippen molar-refractivity contribution in [2.75, 3.05) is 11.0 Å². The number of anilines is 1. The minimum atomic E-state index is -3.58. The number of allylic oxidation sites excluding steroid dienone is 3. The van der Waals surface area contributed by atoms with E-state index in [2.05, 4.69) is 11.3 Å². The summed E-state index contributed by atoms with van der Waals surface area (Å²) in [6.45, 7) is 3.32. The molecule has 0 aliphatic carbocycles. The summed E-state index contributed by atoms with van der Waals surface area (Å²) in [4.78, 5) is 12.6. The fourth-order valence-corrected chi connectivity index (χ4v) is 3.73. The van der Waals surface area contributed by atoms with Gasteiger partial charge in [0.2, 0.25) is 10.0 Å². The lowest BCUT2D eigenvalue weighted by Crippen LogP contribution is -2.16. The molecule has 0 atom stereocenters. The third-order valence-electron chi connectivity index (χ3n) is 4.51. The van der Waals surface area contributed by atoms with Crippen LogP contribution in [0.5, 0.6) is 5.75 Å². The Kier molecular flexibility index (Phi) is 6.59. The number of aryl methyl sites for hydroxylation is 1. The second-order valence-corrected chi connectivity index (χ2v) is 8.65. The van der Waals surface area contributed by atoms with E-state index < -0.39 is 21.6 Å². The van der Waals surface area contributed by atoms with Crippen LogP contribution >= 0.6 is 0 Å². The first-order chi connectivity index (χ1) is 15.1. The molecule has 3 rings (SSSR count). The zero-order valence-corrected chi connectivity index (χ0v) is 18.1. The summed E-state index contributed by atoms with van der Waals surface area (Å²) in [5.74, 6) is -1.21. The van der Waals surface area contributed by atoms with Crippen LogP contribution in [0.4, 0.5) is 14.5 Å². The van der Waals surface area contributed by atoms with Gasteiger partial charge in [-0.25, -0.2) is 17.2 Å². The molecule has 0 unspecified atom stereocenters. The number of nitrogens with one attached hydrogen (secondary N) is 1. The van der Waals surface area contributed by atoms with Crippen LogP contribution < -0.4 is 15.0 Å². The van der Waals surface area contributed by atoms with E-state index in [4.69, 9.17) is 4.74 Å². The quantitative estimate of drug-likeness (QED) is 0.407. The minimum Gasteiger partial charge on any atom is -0.454 e. The van der Waals surface area contributed by atoms with Crippen molar-refractivity contribution in [3.8, 4) is 16.9 Å². The molecule has 0 saturated heterocycles. The predicted octanol–water partition coefficient (Wildman–Crippen LogP) is 4.81. The SMILES string of the molecule is C=C/C(F)=C(\C=C/F)Oc1ccc(NS(C)(=O)=O)cc1-c1cn(C)c(=O)c2ccccc12. The van der Waals surface area contributed by atoms with Crippen LogP contribution in [-0.4, -0.2) is 19.2 Å². The number of halogens is 2. The van der Waals surface area contributed by atoms with Gasteiger partial charge in [0, 0.05) is 41.5 Å². The van der Waals surface area contributed by atoms with Crippen LogP contribution in [0.25, 0.3) is 21.9 Å². The van der Waals surface area contributed by atoms with E-state index in [9.17, 15) is 22.0 Å². The van der Waals surface area contributed by atoms with E-state index in [-0.39, 0.29) is 23.3 Å². The zero-order chi connectivity index (χ0) is 23.5. The Labute approximate surface area is 183 Å². The molecule has 1 N–H and O–H groups in total. The summed E-state index contributed by atoms with van der Waals surface area (Å²) < 4.78 is 59.8. The molecule has 0 aliphatic rings. The van der Waals surface area contributed by atoms with E-state index in [1.807, 2.05) is 0 Å². The summed E-state index contributed by atoms with van der Waals surface area (Å²) >= 11 is 0. The maximum atomic E-state index is 14.2. The van der Waals surface area contributed by atoms with E-state index in [1.54, 1.807) is 37.5 Å². The third-order valence-corrected chi connectivity index (χ3v) is 5.12. The normalized spacial score (nSPS) is 12.6. The fourth-order valence-electron chi connectivity index (χ4n) is 3.18. The molecule has 2 aromatic carbocycles. The number of pyridine rings is 1. The lowest BCUT2D eigenvalue weighted by atomic mass is 9.99. The molecule has 6 nitrogen and oxygen atoms in total. The molecule has 0 fully saturated rings. The molecule has 3 aromatic rings. The van der Waals surface area contributed by atoms with Crippen molar-refractivity contribution in [1.29, 1.82) is 0 Å². The molecular weight excluding hydrogens is 438 g/mol. The van der Waals surface area contributed by atoms with Gasteiger partial charge in [-0.05, 0) is 35.7 Å². The Balaban J connectivity index is 2.33. The molecular formula is C23H20F2N2O4S. The Morgan fingerprint density at radius 3 is 2.47 bits per heavy atom. The van der Waals surface area contributed by atoms with Crippen molar-refractivity contribution in [1.82, 2.24) is 4.57 Å². The first-order valence-electron chi connectivity index (χ1n) is 9.32. The van der Waals surface area contributed by atoms with Crippen molar-refractivity contribution in [2.24, 2.45) is 7.05 Å². The number of nitrogens with zero attached hydrogens (tertiary/aromatic N) is 1. The van der Waals surface area contributed by atoms with Crippen molar-refractivity contribution >= 4 is 26.5 Å². The molecule has 0 aliphatic heterocycles. The van der Waals surface area contributed by atoms with Crippen LogP contribution in [0.15, 0.2) is 90.1 Å². The predicted molar refractivity (Wildman–Crippen MR) is 122 cm³/mol. The molecule has 0 saturated carbocycles. The van der Waals surface area contributed by atoms with Gasteiger partial charge in [-0.1, -0.05) is 24.8 Å². The van der Waals surface area contributed by atoms with E-state index in [0.717, 1.165) is 18.4 Å². The Morgan fingerprint density at radius 2 is 1.84 bits per heavy atom. The summed E-state index contributed by atoms with van der Waals surface area (Å²) in [6, 6.07) is 11.2. The highest BCUT2D eigenvalue weighted by Gasteiger charge is 2.17. The smallest absolute Gasteiger partial charge is 0.258 e. The van der Waals surface area contributed by atoms with Gasteiger partial charge in [0.15, 0.2) is 11.6 Å². The van der Waals surface area contributed by atoms with Crippen LogP contribution in [0.1, 0.15) is 0 Å². The highest BCUT2D eigenvalue weighted by Crippen LogP contribution is 2.37. The first-order valence-corrected chi connectivity index (χ1v) is 11.2. The topological polar surface area (TPSA) is 77.4 Å². The van der Waals surface area contributed by atoms with Gasteiger partial charge in [-0.2, -0.15) is 0 Å². The van der Waals surface area contributed by atoms with Crippen molar-refractivity contribution in [2.45, 2.75) is 0 Å². The first kappa shape index (κ1) is 23.0.